The first kappa shape index (κ1) is 27.5. The van der Waals surface area contributed by atoms with E-state index >= 15 is 0 Å². The van der Waals surface area contributed by atoms with Gasteiger partial charge in [-0.15, -0.1) is 0 Å². The highest BCUT2D eigenvalue weighted by Crippen LogP contribution is 2.31. The summed E-state index contributed by atoms with van der Waals surface area (Å²) < 4.78 is 65.9. The Labute approximate surface area is 202 Å². The first-order chi connectivity index (χ1) is 16.3. The zero-order valence-corrected chi connectivity index (χ0v) is 20.0. The molecule has 3 aromatic carbocycles. The molecule has 186 valence electrons. The quantitative estimate of drug-likeness (QED) is 0.266. The van der Waals surface area contributed by atoms with Crippen molar-refractivity contribution in [2.24, 2.45) is 0 Å². The van der Waals surface area contributed by atoms with Crippen molar-refractivity contribution in [3.05, 3.63) is 90.0 Å². The lowest BCUT2D eigenvalue weighted by atomic mass is 9.97. The fourth-order valence-corrected chi connectivity index (χ4v) is 4.25. The molecule has 10 nitrogen and oxygen atoms in total. The number of anilines is 1. The van der Waals surface area contributed by atoms with E-state index in [-0.39, 0.29) is 6.42 Å². The SMILES string of the molecule is COc1cc(S(=O)(=O)O)c(N)cc1S(=O)(=O)O.O=C(O)CC=C(c1ccccc1)c1ccccc1. The Bertz CT molecular complexity index is 1380. The van der Waals surface area contributed by atoms with Crippen LogP contribution in [0.2, 0.25) is 0 Å². The maximum atomic E-state index is 10.9. The van der Waals surface area contributed by atoms with Crippen molar-refractivity contribution in [2.75, 3.05) is 12.8 Å². The van der Waals surface area contributed by atoms with Gasteiger partial charge in [0.25, 0.3) is 20.2 Å². The summed E-state index contributed by atoms with van der Waals surface area (Å²) in [5, 5.41) is 8.81. The maximum Gasteiger partial charge on any atom is 0.307 e. The second-order valence-electron chi connectivity index (χ2n) is 6.94. The highest BCUT2D eigenvalue weighted by atomic mass is 32.2. The number of nitrogens with two attached hydrogens (primary N) is 1. The molecule has 0 aromatic heterocycles. The summed E-state index contributed by atoms with van der Waals surface area (Å²) >= 11 is 0. The van der Waals surface area contributed by atoms with Crippen molar-refractivity contribution < 1.29 is 40.6 Å². The van der Waals surface area contributed by atoms with Crippen LogP contribution in [0.4, 0.5) is 5.69 Å². The van der Waals surface area contributed by atoms with Gasteiger partial charge in [0.15, 0.2) is 0 Å². The monoisotopic (exact) mass is 521 g/mol. The Kier molecular flexibility index (Phi) is 9.14. The van der Waals surface area contributed by atoms with Crippen molar-refractivity contribution in [3.8, 4) is 5.75 Å². The number of nitrogen functional groups attached to an aromatic ring is 1. The van der Waals surface area contributed by atoms with Gasteiger partial charge in [0.2, 0.25) is 0 Å². The Hall–Kier alpha value is -3.71. The van der Waals surface area contributed by atoms with Crippen LogP contribution in [0, 0.1) is 0 Å². The molecule has 0 aliphatic carbocycles. The van der Waals surface area contributed by atoms with Gasteiger partial charge in [-0.1, -0.05) is 66.7 Å². The van der Waals surface area contributed by atoms with Crippen molar-refractivity contribution >= 4 is 37.5 Å². The molecule has 0 atom stereocenters. The summed E-state index contributed by atoms with van der Waals surface area (Å²) in [5.41, 5.74) is 7.75. The second-order valence-corrected chi connectivity index (χ2v) is 9.72. The minimum Gasteiger partial charge on any atom is -0.495 e. The van der Waals surface area contributed by atoms with Gasteiger partial charge in [-0.05, 0) is 22.8 Å². The molecule has 0 heterocycles. The average Bonchev–Trinajstić information content (AvgIpc) is 2.79. The number of aliphatic carboxylic acids is 1. The topological polar surface area (TPSA) is 181 Å². The van der Waals surface area contributed by atoms with Gasteiger partial charge in [-0.25, -0.2) is 0 Å². The third-order valence-electron chi connectivity index (χ3n) is 4.50. The van der Waals surface area contributed by atoms with Crippen LogP contribution in [0.3, 0.4) is 0 Å². The van der Waals surface area contributed by atoms with E-state index in [1.54, 1.807) is 6.08 Å². The normalized spacial score (nSPS) is 11.1. The molecule has 5 N–H and O–H groups in total. The molecule has 35 heavy (non-hydrogen) atoms. The molecular formula is C23H23NO9S2. The zero-order valence-electron chi connectivity index (χ0n) is 18.4. The number of rotatable bonds is 7. The summed E-state index contributed by atoms with van der Waals surface area (Å²) in [4.78, 5) is 9.33. The minimum atomic E-state index is -4.61. The number of carbonyl (C=O) groups is 1. The third kappa shape index (κ3) is 7.93. The number of ether oxygens (including phenoxy) is 1. The van der Waals surface area contributed by atoms with E-state index in [4.69, 9.17) is 19.9 Å². The van der Waals surface area contributed by atoms with Crippen LogP contribution in [-0.4, -0.2) is 44.1 Å². The largest absolute Gasteiger partial charge is 0.495 e. The molecule has 0 aliphatic rings. The standard InChI is InChI=1S/C16H14O2.C7H9NO7S2/c17-16(18)12-11-15(13-7-3-1-4-8-13)14-9-5-2-6-10-14;1-15-5-3-6(16(9,10)11)4(8)2-7(5)17(12,13)14/h1-11H,12H2,(H,17,18);2-3H,8H2,1H3,(H,9,10,11)(H,12,13,14). The van der Waals surface area contributed by atoms with Gasteiger partial charge >= 0.3 is 5.97 Å². The van der Waals surface area contributed by atoms with E-state index in [1.807, 2.05) is 60.7 Å². The lowest BCUT2D eigenvalue weighted by Crippen LogP contribution is -2.08. The molecule has 3 aromatic rings. The zero-order chi connectivity index (χ0) is 26.2. The van der Waals surface area contributed by atoms with E-state index in [0.717, 1.165) is 23.8 Å². The summed E-state index contributed by atoms with van der Waals surface area (Å²) in [5.74, 6) is -1.27. The highest BCUT2D eigenvalue weighted by Gasteiger charge is 2.23. The van der Waals surface area contributed by atoms with Gasteiger partial charge in [-0.2, -0.15) is 16.8 Å². The molecule has 0 radical (unpaired) electrons. The van der Waals surface area contributed by atoms with Crippen molar-refractivity contribution in [3.63, 3.8) is 0 Å². The van der Waals surface area contributed by atoms with Crippen LogP contribution in [0.25, 0.3) is 5.57 Å². The van der Waals surface area contributed by atoms with Gasteiger partial charge in [0.05, 0.1) is 19.2 Å². The van der Waals surface area contributed by atoms with E-state index in [1.165, 1.54) is 0 Å². The Morgan fingerprint density at radius 1 is 0.857 bits per heavy atom. The highest BCUT2D eigenvalue weighted by molar-refractivity contribution is 7.86. The van der Waals surface area contributed by atoms with E-state index < -0.39 is 47.4 Å². The number of carboxylic acids is 1. The van der Waals surface area contributed by atoms with Crippen LogP contribution in [-0.2, 0) is 25.0 Å². The first-order valence-electron chi connectivity index (χ1n) is 9.80. The molecule has 0 spiro atoms. The minimum absolute atomic E-state index is 0.0269. The maximum absolute atomic E-state index is 10.9. The van der Waals surface area contributed by atoms with Crippen LogP contribution in [0.1, 0.15) is 17.5 Å². The van der Waals surface area contributed by atoms with Crippen molar-refractivity contribution in [1.82, 2.24) is 0 Å². The molecule has 0 saturated carbocycles. The van der Waals surface area contributed by atoms with Crippen LogP contribution in [0.5, 0.6) is 5.75 Å². The number of methoxy groups -OCH3 is 1. The predicted molar refractivity (Wildman–Crippen MR) is 129 cm³/mol. The Balaban J connectivity index is 0.000000247. The summed E-state index contributed by atoms with van der Waals surface area (Å²) in [7, 11) is -8.16. The van der Waals surface area contributed by atoms with Gasteiger partial charge in [-0.3, -0.25) is 13.9 Å². The number of hydrogen-bond donors (Lipinski definition) is 4. The van der Waals surface area contributed by atoms with Gasteiger partial charge in [0.1, 0.15) is 15.5 Å². The van der Waals surface area contributed by atoms with Crippen LogP contribution >= 0.6 is 0 Å². The average molecular weight is 522 g/mol. The fraction of sp³-hybridized carbons (Fsp3) is 0.0870. The van der Waals surface area contributed by atoms with Gasteiger partial charge < -0.3 is 15.6 Å². The molecule has 0 bridgehead atoms. The Morgan fingerprint density at radius 2 is 1.31 bits per heavy atom. The first-order valence-corrected chi connectivity index (χ1v) is 12.7. The molecule has 0 saturated heterocycles. The predicted octanol–water partition coefficient (Wildman–Crippen LogP) is 3.36. The number of benzene rings is 3. The summed E-state index contributed by atoms with van der Waals surface area (Å²) in [6.45, 7) is 0. The Morgan fingerprint density at radius 3 is 1.69 bits per heavy atom. The molecular weight excluding hydrogens is 498 g/mol. The van der Waals surface area contributed by atoms with Gasteiger partial charge in [0, 0.05) is 6.07 Å². The van der Waals surface area contributed by atoms with E-state index in [9.17, 15) is 21.6 Å². The van der Waals surface area contributed by atoms with E-state index in [2.05, 4.69) is 4.74 Å². The molecule has 0 amide bonds. The molecule has 0 aliphatic heterocycles. The second kappa shape index (κ2) is 11.6. The van der Waals surface area contributed by atoms with Crippen LogP contribution < -0.4 is 10.5 Å². The molecule has 3 rings (SSSR count). The summed E-state index contributed by atoms with van der Waals surface area (Å²) in [6, 6.07) is 21.0. The van der Waals surface area contributed by atoms with E-state index in [0.29, 0.717) is 12.1 Å². The lowest BCUT2D eigenvalue weighted by Gasteiger charge is -2.09. The third-order valence-corrected chi connectivity index (χ3v) is 6.29. The number of hydrogen-bond acceptors (Lipinski definition) is 7. The molecule has 0 unspecified atom stereocenters. The van der Waals surface area contributed by atoms with Crippen molar-refractivity contribution in [1.29, 1.82) is 0 Å². The fourth-order valence-electron chi connectivity index (χ4n) is 2.97. The van der Waals surface area contributed by atoms with Crippen molar-refractivity contribution in [2.45, 2.75) is 16.2 Å². The smallest absolute Gasteiger partial charge is 0.307 e. The lowest BCUT2D eigenvalue weighted by molar-refractivity contribution is -0.136. The molecule has 0 fully saturated rings. The summed E-state index contributed by atoms with van der Waals surface area (Å²) in [6.07, 6.45) is 1.78. The van der Waals surface area contributed by atoms with Crippen LogP contribution in [0.15, 0.2) is 88.7 Å². The molecule has 12 heteroatoms. The number of carboxylic acid groups (broad SMARTS) is 1.